The molecule has 3 heterocycles. The van der Waals surface area contributed by atoms with Gasteiger partial charge in [-0.2, -0.15) is 0 Å². The molecule has 0 saturated carbocycles. The van der Waals surface area contributed by atoms with Crippen LogP contribution in [0.4, 0.5) is 0 Å². The Morgan fingerprint density at radius 2 is 1.95 bits per heavy atom. The summed E-state index contributed by atoms with van der Waals surface area (Å²) < 4.78 is 0. The van der Waals surface area contributed by atoms with Crippen LogP contribution in [0.25, 0.3) is 27.2 Å². The molecule has 3 aromatic rings. The Kier molecular flexibility index (Phi) is 2.26. The van der Waals surface area contributed by atoms with Gasteiger partial charge in [-0.15, -0.1) is 0 Å². The van der Waals surface area contributed by atoms with E-state index in [4.69, 9.17) is 0 Å². The molecule has 0 radical (unpaired) electrons. The van der Waals surface area contributed by atoms with Crippen LogP contribution in [-0.2, 0) is 4.79 Å². The molecule has 0 aliphatic carbocycles. The molecular weight excluding hydrogens is 272 g/mol. The molecule has 2 aliphatic heterocycles. The lowest BCUT2D eigenvalue weighted by molar-refractivity contribution is -0.140. The number of aromatic nitrogens is 1. The largest absolute Gasteiger partial charge is 0.315 e. The predicted molar refractivity (Wildman–Crippen MR) is 87.1 cm³/mol. The van der Waals surface area contributed by atoms with Crippen molar-refractivity contribution < 1.29 is 4.79 Å². The lowest BCUT2D eigenvalue weighted by Crippen LogP contribution is -2.45. The molecule has 106 valence electrons. The Balaban J connectivity index is 1.81. The van der Waals surface area contributed by atoms with Crippen molar-refractivity contribution in [3.05, 3.63) is 60.4 Å². The van der Waals surface area contributed by atoms with E-state index in [0.717, 1.165) is 17.3 Å². The van der Waals surface area contributed by atoms with Gasteiger partial charge in [0.1, 0.15) is 0 Å². The van der Waals surface area contributed by atoms with Crippen molar-refractivity contribution in [2.24, 2.45) is 0 Å². The number of β-lactam (4-membered cyclic amide) rings is 1. The molecule has 0 N–H and O–H groups in total. The normalized spacial score (nSPS) is 20.2. The maximum Gasteiger partial charge on any atom is 0.228 e. The number of hydrogen-bond donors (Lipinski definition) is 0. The minimum atomic E-state index is 0.239. The highest BCUT2D eigenvalue weighted by molar-refractivity contribution is 6.10. The van der Waals surface area contributed by atoms with E-state index in [-0.39, 0.29) is 5.91 Å². The maximum atomic E-state index is 11.6. The van der Waals surface area contributed by atoms with Crippen LogP contribution in [0.2, 0.25) is 0 Å². The summed E-state index contributed by atoms with van der Waals surface area (Å²) >= 11 is 0. The number of rotatable bonds is 1. The number of nitrogens with zero attached hydrogens (tertiary/aromatic N) is 2. The van der Waals surface area contributed by atoms with Crippen LogP contribution in [-0.4, -0.2) is 21.8 Å². The highest BCUT2D eigenvalue weighted by Crippen LogP contribution is 2.40. The molecule has 2 aromatic carbocycles. The van der Waals surface area contributed by atoms with Crippen LogP contribution in [0.5, 0.6) is 0 Å². The fourth-order valence-electron chi connectivity index (χ4n) is 3.67. The van der Waals surface area contributed by atoms with Gasteiger partial charge in [-0.1, -0.05) is 36.4 Å². The quantitative estimate of drug-likeness (QED) is 0.504. The molecule has 22 heavy (non-hydrogen) atoms. The van der Waals surface area contributed by atoms with Crippen molar-refractivity contribution in [1.29, 1.82) is 0 Å². The number of pyridine rings is 1. The Morgan fingerprint density at radius 1 is 1.05 bits per heavy atom. The van der Waals surface area contributed by atoms with E-state index < -0.39 is 0 Å². The van der Waals surface area contributed by atoms with Gasteiger partial charge in [0.2, 0.25) is 5.91 Å². The van der Waals surface area contributed by atoms with Gasteiger partial charge >= 0.3 is 0 Å². The van der Waals surface area contributed by atoms with E-state index in [0.29, 0.717) is 12.5 Å². The maximum absolute atomic E-state index is 11.6. The predicted octanol–water partition coefficient (Wildman–Crippen LogP) is 3.73. The molecule has 0 unspecified atom stereocenters. The van der Waals surface area contributed by atoms with Crippen LogP contribution in [0, 0.1) is 0 Å². The highest BCUT2D eigenvalue weighted by atomic mass is 16.2. The summed E-state index contributed by atoms with van der Waals surface area (Å²) in [5.41, 5.74) is 3.47. The van der Waals surface area contributed by atoms with E-state index in [2.05, 4.69) is 41.4 Å². The van der Waals surface area contributed by atoms with E-state index in [1.165, 1.54) is 21.9 Å². The Hall–Kier alpha value is -2.68. The molecule has 3 nitrogen and oxygen atoms in total. The zero-order valence-electron chi connectivity index (χ0n) is 12.0. The molecular formula is C19H14N2O. The zero-order chi connectivity index (χ0) is 14.7. The van der Waals surface area contributed by atoms with Crippen molar-refractivity contribution in [3.63, 3.8) is 0 Å². The van der Waals surface area contributed by atoms with Crippen molar-refractivity contribution in [1.82, 2.24) is 9.88 Å². The van der Waals surface area contributed by atoms with Crippen molar-refractivity contribution in [2.75, 3.05) is 0 Å². The van der Waals surface area contributed by atoms with Crippen LogP contribution in [0.15, 0.2) is 54.9 Å². The van der Waals surface area contributed by atoms with Crippen molar-refractivity contribution in [3.8, 4) is 0 Å². The van der Waals surface area contributed by atoms with Gasteiger partial charge in [0.05, 0.1) is 5.52 Å². The summed E-state index contributed by atoms with van der Waals surface area (Å²) in [4.78, 5) is 18.1. The third-order valence-electron chi connectivity index (χ3n) is 4.80. The molecule has 5 rings (SSSR count). The SMILES string of the molecule is O=C1C[C@H]2CC(c3cccc4ncc5ccccc5c34)=CN12. The average molecular weight is 286 g/mol. The number of benzene rings is 2. The smallest absolute Gasteiger partial charge is 0.228 e. The number of hydrogen-bond acceptors (Lipinski definition) is 2. The second-order valence-electron chi connectivity index (χ2n) is 6.06. The number of carbonyl (C=O) groups is 1. The van der Waals surface area contributed by atoms with Gasteiger partial charge in [-0.05, 0) is 29.0 Å². The molecule has 1 aromatic heterocycles. The van der Waals surface area contributed by atoms with Gasteiger partial charge in [0.15, 0.2) is 0 Å². The first-order chi connectivity index (χ1) is 10.8. The molecule has 1 fully saturated rings. The van der Waals surface area contributed by atoms with E-state index in [9.17, 15) is 4.79 Å². The fourth-order valence-corrected chi connectivity index (χ4v) is 3.67. The molecule has 1 amide bonds. The Labute approximate surface area is 127 Å². The first-order valence-electron chi connectivity index (χ1n) is 7.60. The monoisotopic (exact) mass is 286 g/mol. The van der Waals surface area contributed by atoms with Crippen molar-refractivity contribution in [2.45, 2.75) is 18.9 Å². The Morgan fingerprint density at radius 3 is 2.82 bits per heavy atom. The fraction of sp³-hybridized carbons (Fsp3) is 0.158. The Bertz CT molecular complexity index is 973. The van der Waals surface area contributed by atoms with Crippen LogP contribution in [0.1, 0.15) is 18.4 Å². The molecule has 3 heteroatoms. The first-order valence-corrected chi connectivity index (χ1v) is 7.60. The summed E-state index contributed by atoms with van der Waals surface area (Å²) in [6, 6.07) is 15.0. The van der Waals surface area contributed by atoms with E-state index >= 15 is 0 Å². The van der Waals surface area contributed by atoms with Gasteiger partial charge < -0.3 is 4.90 Å². The lowest BCUT2D eigenvalue weighted by Gasteiger charge is -2.32. The van der Waals surface area contributed by atoms with Crippen LogP contribution < -0.4 is 0 Å². The van der Waals surface area contributed by atoms with Crippen LogP contribution in [0.3, 0.4) is 0 Å². The summed E-state index contributed by atoms with van der Waals surface area (Å²) in [7, 11) is 0. The number of amides is 1. The molecule has 1 saturated heterocycles. The summed E-state index contributed by atoms with van der Waals surface area (Å²) in [5.74, 6) is 0.239. The topological polar surface area (TPSA) is 33.2 Å². The molecule has 1 atom stereocenters. The van der Waals surface area contributed by atoms with Gasteiger partial charge in [-0.3, -0.25) is 9.78 Å². The van der Waals surface area contributed by atoms with Gasteiger partial charge in [0.25, 0.3) is 0 Å². The van der Waals surface area contributed by atoms with Gasteiger partial charge in [0, 0.05) is 35.6 Å². The standard InChI is InChI=1S/C19H14N2O/c22-18-9-14-8-13(11-21(14)18)16-6-3-7-17-19(16)15-5-2-1-4-12(15)10-20-17/h1-7,10-11,14H,8-9H2/t14-/m1/s1. The van der Waals surface area contributed by atoms with Gasteiger partial charge in [-0.25, -0.2) is 0 Å². The first kappa shape index (κ1) is 11.9. The second-order valence-corrected chi connectivity index (χ2v) is 6.06. The lowest BCUT2D eigenvalue weighted by atomic mass is 9.93. The number of fused-ring (bicyclic) bond motifs is 4. The molecule has 0 spiro atoms. The highest BCUT2D eigenvalue weighted by Gasteiger charge is 2.40. The van der Waals surface area contributed by atoms with Crippen LogP contribution >= 0.6 is 0 Å². The average Bonchev–Trinajstić information content (AvgIpc) is 2.91. The second kappa shape index (κ2) is 4.17. The summed E-state index contributed by atoms with van der Waals surface area (Å²) in [6.07, 6.45) is 5.60. The zero-order valence-corrected chi connectivity index (χ0v) is 12.0. The third-order valence-corrected chi connectivity index (χ3v) is 4.80. The molecule has 0 bridgehead atoms. The third kappa shape index (κ3) is 1.51. The summed E-state index contributed by atoms with van der Waals surface area (Å²) in [5, 5.41) is 3.58. The minimum absolute atomic E-state index is 0.239. The number of carbonyl (C=O) groups excluding carboxylic acids is 1. The minimum Gasteiger partial charge on any atom is -0.315 e. The van der Waals surface area contributed by atoms with E-state index in [1.807, 2.05) is 23.4 Å². The molecule has 2 aliphatic rings. The van der Waals surface area contributed by atoms with Crippen molar-refractivity contribution >= 4 is 33.2 Å². The summed E-state index contributed by atoms with van der Waals surface area (Å²) in [6.45, 7) is 0. The van der Waals surface area contributed by atoms with E-state index in [1.54, 1.807) is 0 Å².